The zero-order valence-corrected chi connectivity index (χ0v) is 11.8. The van der Waals surface area contributed by atoms with Crippen molar-refractivity contribution in [1.29, 1.82) is 0 Å². The highest BCUT2D eigenvalue weighted by Gasteiger charge is 2.22. The molecule has 1 aromatic carbocycles. The zero-order chi connectivity index (χ0) is 14.2. The van der Waals surface area contributed by atoms with Crippen molar-refractivity contribution >= 4 is 21.5 Å². The van der Waals surface area contributed by atoms with E-state index < -0.39 is 10.0 Å². The Labute approximate surface area is 112 Å². The minimum atomic E-state index is -3.74. The van der Waals surface area contributed by atoms with E-state index in [9.17, 15) is 8.42 Å². The zero-order valence-electron chi connectivity index (χ0n) is 11.0. The minimum Gasteiger partial charge on any atom is -0.381 e. The van der Waals surface area contributed by atoms with Gasteiger partial charge in [0.2, 0.25) is 0 Å². The second kappa shape index (κ2) is 4.58. The van der Waals surface area contributed by atoms with Crippen LogP contribution in [-0.2, 0) is 17.1 Å². The van der Waals surface area contributed by atoms with Crippen LogP contribution >= 0.6 is 0 Å². The molecule has 2 aromatic rings. The van der Waals surface area contributed by atoms with Crippen LogP contribution in [0, 0.1) is 13.8 Å². The lowest BCUT2D eigenvalue weighted by Gasteiger charge is -2.10. The van der Waals surface area contributed by atoms with Gasteiger partial charge in [-0.05, 0) is 37.1 Å². The summed E-state index contributed by atoms with van der Waals surface area (Å²) in [5.41, 5.74) is 8.07. The van der Waals surface area contributed by atoms with Gasteiger partial charge in [-0.3, -0.25) is 4.72 Å². The van der Waals surface area contributed by atoms with Crippen molar-refractivity contribution < 1.29 is 8.42 Å². The molecule has 0 spiro atoms. The van der Waals surface area contributed by atoms with Gasteiger partial charge >= 0.3 is 0 Å². The van der Waals surface area contributed by atoms with Gasteiger partial charge in [-0.2, -0.15) is 8.42 Å². The van der Waals surface area contributed by atoms with Crippen molar-refractivity contribution in [1.82, 2.24) is 9.55 Å². The number of nitrogens with zero attached hydrogens (tertiary/aromatic N) is 2. The summed E-state index contributed by atoms with van der Waals surface area (Å²) in [5.74, 6) is -0.0145. The third-order valence-electron chi connectivity index (χ3n) is 2.64. The van der Waals surface area contributed by atoms with E-state index in [-0.39, 0.29) is 10.8 Å². The van der Waals surface area contributed by atoms with Gasteiger partial charge in [0.1, 0.15) is 0 Å². The predicted molar refractivity (Wildman–Crippen MR) is 74.3 cm³/mol. The van der Waals surface area contributed by atoms with Gasteiger partial charge in [0.15, 0.2) is 10.8 Å². The van der Waals surface area contributed by atoms with Crippen molar-refractivity contribution in [2.75, 3.05) is 10.5 Å². The average molecular weight is 280 g/mol. The number of nitrogens with two attached hydrogens (primary N) is 1. The molecule has 6 nitrogen and oxygen atoms in total. The highest BCUT2D eigenvalue weighted by atomic mass is 32.2. The normalized spacial score (nSPS) is 11.5. The second-order valence-electron chi connectivity index (χ2n) is 4.53. The number of imidazole rings is 1. The summed E-state index contributed by atoms with van der Waals surface area (Å²) < 4.78 is 28.4. The first-order valence-electron chi connectivity index (χ1n) is 5.67. The minimum absolute atomic E-state index is 0.0145. The highest BCUT2D eigenvalue weighted by Crippen LogP contribution is 2.21. The molecule has 7 heteroatoms. The molecular weight excluding hydrogens is 264 g/mol. The lowest BCUT2D eigenvalue weighted by Crippen LogP contribution is -2.17. The summed E-state index contributed by atoms with van der Waals surface area (Å²) >= 11 is 0. The van der Waals surface area contributed by atoms with Gasteiger partial charge in [-0.15, -0.1) is 0 Å². The van der Waals surface area contributed by atoms with E-state index in [2.05, 4.69) is 9.71 Å². The predicted octanol–water partition coefficient (Wildman–Crippen LogP) is 1.42. The number of aromatic nitrogens is 2. The number of nitrogens with one attached hydrogen (secondary N) is 1. The second-order valence-corrected chi connectivity index (χ2v) is 6.13. The molecule has 19 heavy (non-hydrogen) atoms. The third-order valence-corrected chi connectivity index (χ3v) is 4.15. The molecule has 0 fully saturated rings. The Bertz CT molecular complexity index is 680. The molecular formula is C12H16N4O2S. The van der Waals surface area contributed by atoms with E-state index >= 15 is 0 Å². The number of hydrogen-bond acceptors (Lipinski definition) is 4. The van der Waals surface area contributed by atoms with Gasteiger partial charge in [-0.25, -0.2) is 4.98 Å². The van der Waals surface area contributed by atoms with Crippen molar-refractivity contribution in [3.8, 4) is 0 Å². The molecule has 0 atom stereocenters. The standard InChI is InChI=1S/C12H16N4O2S/c1-8-4-9(2)6-10(5-8)15-19(17,18)12-11(13)14-7-16(12)3/h4-7,15H,13H2,1-3H3. The summed E-state index contributed by atoms with van der Waals surface area (Å²) in [6.45, 7) is 3.81. The fourth-order valence-corrected chi connectivity index (χ4v) is 3.28. The lowest BCUT2D eigenvalue weighted by molar-refractivity contribution is 0.592. The summed E-state index contributed by atoms with van der Waals surface area (Å²) in [7, 11) is -2.16. The van der Waals surface area contributed by atoms with E-state index in [1.807, 2.05) is 19.9 Å². The number of rotatable bonds is 3. The molecule has 2 rings (SSSR count). The fourth-order valence-electron chi connectivity index (χ4n) is 2.00. The molecule has 1 heterocycles. The van der Waals surface area contributed by atoms with Crippen molar-refractivity contribution in [3.63, 3.8) is 0 Å². The Kier molecular flexibility index (Phi) is 3.23. The maximum atomic E-state index is 12.3. The van der Waals surface area contributed by atoms with Gasteiger partial charge in [-0.1, -0.05) is 6.07 Å². The molecule has 0 aliphatic heterocycles. The first kappa shape index (κ1) is 13.4. The summed E-state index contributed by atoms with van der Waals surface area (Å²) in [6, 6.07) is 5.49. The lowest BCUT2D eigenvalue weighted by atomic mass is 10.1. The van der Waals surface area contributed by atoms with E-state index in [0.717, 1.165) is 11.1 Å². The first-order valence-corrected chi connectivity index (χ1v) is 7.16. The molecule has 0 amide bonds. The fraction of sp³-hybridized carbons (Fsp3) is 0.250. The number of aryl methyl sites for hydroxylation is 3. The Hall–Kier alpha value is -2.02. The maximum absolute atomic E-state index is 12.3. The van der Waals surface area contributed by atoms with Gasteiger partial charge < -0.3 is 10.3 Å². The maximum Gasteiger partial charge on any atom is 0.281 e. The van der Waals surface area contributed by atoms with Crippen LogP contribution in [0.4, 0.5) is 11.5 Å². The number of nitrogen functional groups attached to an aromatic ring is 1. The van der Waals surface area contributed by atoms with Crippen LogP contribution < -0.4 is 10.5 Å². The summed E-state index contributed by atoms with van der Waals surface area (Å²) in [4.78, 5) is 3.78. The molecule has 0 radical (unpaired) electrons. The molecule has 0 unspecified atom stereocenters. The van der Waals surface area contributed by atoms with Crippen molar-refractivity contribution in [2.45, 2.75) is 18.9 Å². The molecule has 0 saturated carbocycles. The first-order chi connectivity index (χ1) is 8.79. The van der Waals surface area contributed by atoms with E-state index in [4.69, 9.17) is 5.73 Å². The monoisotopic (exact) mass is 280 g/mol. The molecule has 3 N–H and O–H groups in total. The highest BCUT2D eigenvalue weighted by molar-refractivity contribution is 7.92. The van der Waals surface area contributed by atoms with Crippen LogP contribution in [0.2, 0.25) is 0 Å². The number of hydrogen-bond donors (Lipinski definition) is 2. The van der Waals surface area contributed by atoms with Crippen molar-refractivity contribution in [3.05, 3.63) is 35.7 Å². The number of anilines is 2. The van der Waals surface area contributed by atoms with Gasteiger partial charge in [0.05, 0.1) is 6.33 Å². The molecule has 0 aliphatic carbocycles. The molecule has 102 valence electrons. The Morgan fingerprint density at radius 3 is 2.26 bits per heavy atom. The molecule has 0 aliphatic rings. The van der Waals surface area contributed by atoms with Crippen LogP contribution in [0.5, 0.6) is 0 Å². The molecule has 0 bridgehead atoms. The topological polar surface area (TPSA) is 90.0 Å². The molecule has 1 aromatic heterocycles. The Balaban J connectivity index is 2.42. The summed E-state index contributed by atoms with van der Waals surface area (Å²) in [5, 5.41) is -0.0355. The van der Waals surface area contributed by atoms with Crippen LogP contribution in [0.25, 0.3) is 0 Å². The quantitative estimate of drug-likeness (QED) is 0.889. The van der Waals surface area contributed by atoms with E-state index in [1.54, 1.807) is 19.2 Å². The SMILES string of the molecule is Cc1cc(C)cc(NS(=O)(=O)c2c(N)ncn2C)c1. The molecule has 0 saturated heterocycles. The average Bonchev–Trinajstić information content (AvgIpc) is 2.56. The van der Waals surface area contributed by atoms with Crippen LogP contribution in [0.3, 0.4) is 0 Å². The van der Waals surface area contributed by atoms with E-state index in [0.29, 0.717) is 5.69 Å². The number of sulfonamides is 1. The van der Waals surface area contributed by atoms with Gasteiger partial charge in [0.25, 0.3) is 10.0 Å². The van der Waals surface area contributed by atoms with Gasteiger partial charge in [0, 0.05) is 12.7 Å². The Morgan fingerprint density at radius 1 is 1.21 bits per heavy atom. The Morgan fingerprint density at radius 2 is 1.79 bits per heavy atom. The smallest absolute Gasteiger partial charge is 0.281 e. The number of benzene rings is 1. The van der Waals surface area contributed by atoms with Crippen molar-refractivity contribution in [2.24, 2.45) is 7.05 Å². The summed E-state index contributed by atoms with van der Waals surface area (Å²) in [6.07, 6.45) is 1.37. The largest absolute Gasteiger partial charge is 0.381 e. The van der Waals surface area contributed by atoms with Crippen LogP contribution in [-0.4, -0.2) is 18.0 Å². The van der Waals surface area contributed by atoms with E-state index in [1.165, 1.54) is 10.9 Å². The third kappa shape index (κ3) is 2.70. The van der Waals surface area contributed by atoms with Crippen LogP contribution in [0.1, 0.15) is 11.1 Å². The van der Waals surface area contributed by atoms with Crippen LogP contribution in [0.15, 0.2) is 29.6 Å².